The number of hydrogen-bond donors (Lipinski definition) is 0. The maximum absolute atomic E-state index is 13.4. The highest BCUT2D eigenvalue weighted by molar-refractivity contribution is 9.10. The summed E-state index contributed by atoms with van der Waals surface area (Å²) in [6.07, 6.45) is 1.25. The molecule has 98 valence electrons. The average Bonchev–Trinajstić information content (AvgIpc) is 2.35. The molecule has 2 aromatic rings. The molecule has 1 aromatic carbocycles. The topological polar surface area (TPSA) is 65.3 Å². The Morgan fingerprint density at radius 1 is 1.32 bits per heavy atom. The summed E-state index contributed by atoms with van der Waals surface area (Å²) in [6.45, 7) is 0. The summed E-state index contributed by atoms with van der Waals surface area (Å²) in [5.74, 6) is -2.47. The molecule has 1 aromatic heterocycles. The SMILES string of the molecule is O=[N+]([O-])c1cc(Br)cnc1Oc1cc(F)ccc1F. The van der Waals surface area contributed by atoms with Gasteiger partial charge >= 0.3 is 5.69 Å². The summed E-state index contributed by atoms with van der Waals surface area (Å²) in [5.41, 5.74) is -0.460. The summed E-state index contributed by atoms with van der Waals surface area (Å²) >= 11 is 3.02. The lowest BCUT2D eigenvalue weighted by Gasteiger charge is -2.06. The molecule has 0 unspecified atom stereocenters. The van der Waals surface area contributed by atoms with E-state index >= 15 is 0 Å². The summed E-state index contributed by atoms with van der Waals surface area (Å²) in [6, 6.07) is 3.70. The maximum Gasteiger partial charge on any atom is 0.332 e. The van der Waals surface area contributed by atoms with E-state index in [0.717, 1.165) is 24.3 Å². The second-order valence-corrected chi connectivity index (χ2v) is 4.33. The molecule has 8 heteroatoms. The van der Waals surface area contributed by atoms with Crippen molar-refractivity contribution in [2.45, 2.75) is 0 Å². The number of pyridine rings is 1. The predicted octanol–water partition coefficient (Wildman–Crippen LogP) is 3.82. The lowest BCUT2D eigenvalue weighted by Crippen LogP contribution is -1.97. The molecule has 0 radical (unpaired) electrons. The molecule has 5 nitrogen and oxygen atoms in total. The van der Waals surface area contributed by atoms with E-state index in [4.69, 9.17) is 4.74 Å². The molecule has 0 bridgehead atoms. The highest BCUT2D eigenvalue weighted by Crippen LogP contribution is 2.32. The Balaban J connectivity index is 2.43. The normalized spacial score (nSPS) is 10.3. The second-order valence-electron chi connectivity index (χ2n) is 3.41. The van der Waals surface area contributed by atoms with Crippen LogP contribution in [-0.2, 0) is 0 Å². The summed E-state index contributed by atoms with van der Waals surface area (Å²) in [4.78, 5) is 13.7. The largest absolute Gasteiger partial charge is 0.430 e. The van der Waals surface area contributed by atoms with Gasteiger partial charge in [-0.1, -0.05) is 0 Å². The van der Waals surface area contributed by atoms with Crippen molar-refractivity contribution in [2.75, 3.05) is 0 Å². The van der Waals surface area contributed by atoms with Gasteiger partial charge in [0, 0.05) is 22.8 Å². The third-order valence-corrected chi connectivity index (χ3v) is 2.53. The Labute approximate surface area is 114 Å². The Kier molecular flexibility index (Phi) is 3.70. The Morgan fingerprint density at radius 2 is 2.05 bits per heavy atom. The van der Waals surface area contributed by atoms with E-state index in [0.29, 0.717) is 4.47 Å². The summed E-state index contributed by atoms with van der Waals surface area (Å²) in [5, 5.41) is 10.8. The van der Waals surface area contributed by atoms with Gasteiger partial charge < -0.3 is 4.74 Å². The maximum atomic E-state index is 13.4. The number of ether oxygens (including phenoxy) is 1. The number of halogens is 3. The zero-order valence-corrected chi connectivity index (χ0v) is 10.7. The van der Waals surface area contributed by atoms with Gasteiger partial charge in [0.15, 0.2) is 11.6 Å². The van der Waals surface area contributed by atoms with Gasteiger partial charge in [-0.2, -0.15) is 0 Å². The van der Waals surface area contributed by atoms with E-state index in [9.17, 15) is 18.9 Å². The second kappa shape index (κ2) is 5.27. The van der Waals surface area contributed by atoms with Crippen LogP contribution in [0.1, 0.15) is 0 Å². The fourth-order valence-corrected chi connectivity index (χ4v) is 1.60. The molecule has 19 heavy (non-hydrogen) atoms. The Morgan fingerprint density at radius 3 is 2.74 bits per heavy atom. The van der Waals surface area contributed by atoms with Crippen molar-refractivity contribution in [1.82, 2.24) is 4.98 Å². The minimum Gasteiger partial charge on any atom is -0.430 e. The molecular weight excluding hydrogens is 326 g/mol. The fourth-order valence-electron chi connectivity index (χ4n) is 1.29. The van der Waals surface area contributed by atoms with Gasteiger partial charge in [0.05, 0.1) is 4.92 Å². The van der Waals surface area contributed by atoms with Crippen LogP contribution < -0.4 is 4.74 Å². The van der Waals surface area contributed by atoms with Crippen LogP contribution in [0.15, 0.2) is 34.9 Å². The monoisotopic (exact) mass is 330 g/mol. The fraction of sp³-hybridized carbons (Fsp3) is 0. The number of nitrogens with zero attached hydrogens (tertiary/aromatic N) is 2. The number of aromatic nitrogens is 1. The first kappa shape index (κ1) is 13.3. The third kappa shape index (κ3) is 3.02. The molecule has 0 spiro atoms. The molecule has 0 saturated carbocycles. The zero-order chi connectivity index (χ0) is 14.0. The van der Waals surface area contributed by atoms with Gasteiger partial charge in [-0.15, -0.1) is 0 Å². The van der Waals surface area contributed by atoms with Crippen LogP contribution >= 0.6 is 15.9 Å². The number of rotatable bonds is 3. The Hall–Kier alpha value is -2.09. The number of benzene rings is 1. The van der Waals surface area contributed by atoms with Crippen LogP contribution in [-0.4, -0.2) is 9.91 Å². The summed E-state index contributed by atoms with van der Waals surface area (Å²) < 4.78 is 31.6. The molecule has 0 aliphatic carbocycles. The number of nitro groups is 1. The van der Waals surface area contributed by atoms with Crippen LogP contribution in [0.25, 0.3) is 0 Å². The highest BCUT2D eigenvalue weighted by Gasteiger charge is 2.19. The van der Waals surface area contributed by atoms with E-state index in [1.165, 1.54) is 6.20 Å². The molecule has 0 amide bonds. The van der Waals surface area contributed by atoms with E-state index in [1.54, 1.807) is 0 Å². The lowest BCUT2D eigenvalue weighted by molar-refractivity contribution is -0.386. The van der Waals surface area contributed by atoms with Crippen LogP contribution in [0, 0.1) is 21.7 Å². The van der Waals surface area contributed by atoms with Crippen molar-refractivity contribution in [2.24, 2.45) is 0 Å². The van der Waals surface area contributed by atoms with Crippen LogP contribution in [0.5, 0.6) is 11.6 Å². The van der Waals surface area contributed by atoms with E-state index < -0.39 is 33.9 Å². The van der Waals surface area contributed by atoms with Gasteiger partial charge in [-0.05, 0) is 28.1 Å². The molecule has 0 aliphatic heterocycles. The van der Waals surface area contributed by atoms with Crippen molar-refractivity contribution in [3.63, 3.8) is 0 Å². The van der Waals surface area contributed by atoms with Gasteiger partial charge in [0.2, 0.25) is 0 Å². The average molecular weight is 331 g/mol. The predicted molar refractivity (Wildman–Crippen MR) is 65.0 cm³/mol. The van der Waals surface area contributed by atoms with Gasteiger partial charge in [0.25, 0.3) is 5.88 Å². The Bertz CT molecular complexity index is 652. The minimum atomic E-state index is -0.847. The third-order valence-electron chi connectivity index (χ3n) is 2.10. The molecule has 0 aliphatic rings. The summed E-state index contributed by atoms with van der Waals surface area (Å²) in [7, 11) is 0. The molecule has 0 atom stereocenters. The van der Waals surface area contributed by atoms with E-state index in [-0.39, 0.29) is 0 Å². The van der Waals surface area contributed by atoms with Crippen LogP contribution in [0.2, 0.25) is 0 Å². The van der Waals surface area contributed by atoms with Crippen molar-refractivity contribution < 1.29 is 18.4 Å². The first-order valence-electron chi connectivity index (χ1n) is 4.90. The van der Waals surface area contributed by atoms with Gasteiger partial charge in [-0.25, -0.2) is 13.8 Å². The molecular formula is C11H5BrF2N2O3. The molecule has 0 fully saturated rings. The van der Waals surface area contributed by atoms with Gasteiger partial charge in [-0.3, -0.25) is 10.1 Å². The minimum absolute atomic E-state index is 0.367. The van der Waals surface area contributed by atoms with Crippen molar-refractivity contribution in [3.05, 3.63) is 56.7 Å². The molecule has 2 rings (SSSR count). The van der Waals surface area contributed by atoms with Crippen molar-refractivity contribution >= 4 is 21.6 Å². The zero-order valence-electron chi connectivity index (χ0n) is 9.14. The van der Waals surface area contributed by atoms with Crippen LogP contribution in [0.4, 0.5) is 14.5 Å². The lowest BCUT2D eigenvalue weighted by atomic mass is 10.3. The standard InChI is InChI=1S/C11H5BrF2N2O3/c12-6-3-9(16(17)18)11(15-5-6)19-10-4-7(13)1-2-8(10)14/h1-5H. The van der Waals surface area contributed by atoms with E-state index in [2.05, 4.69) is 20.9 Å². The quantitative estimate of drug-likeness (QED) is 0.633. The molecule has 0 saturated heterocycles. The first-order chi connectivity index (χ1) is 8.97. The first-order valence-corrected chi connectivity index (χ1v) is 5.69. The van der Waals surface area contributed by atoms with Gasteiger partial charge in [0.1, 0.15) is 5.82 Å². The molecule has 1 heterocycles. The van der Waals surface area contributed by atoms with E-state index in [1.807, 2.05) is 0 Å². The van der Waals surface area contributed by atoms with Crippen molar-refractivity contribution in [3.8, 4) is 11.6 Å². The highest BCUT2D eigenvalue weighted by atomic mass is 79.9. The van der Waals surface area contributed by atoms with Crippen LogP contribution in [0.3, 0.4) is 0 Å². The number of hydrogen-bond acceptors (Lipinski definition) is 4. The molecule has 0 N–H and O–H groups in total. The van der Waals surface area contributed by atoms with Crippen molar-refractivity contribution in [1.29, 1.82) is 0 Å². The smallest absolute Gasteiger partial charge is 0.332 e.